The molecule has 1 saturated carbocycles. The first-order valence-corrected chi connectivity index (χ1v) is 7.93. The zero-order valence-electron chi connectivity index (χ0n) is 13.0. The third-order valence-electron chi connectivity index (χ3n) is 5.68. The standard InChI is InChI=1S/C15H24N4O3/c1-15(2)8-6-18-11(10(8)15)14(22)19-9(12(16)20)5-7-3-4-17-13(7)21/h7-11,18H,3-6H2,1-2H3,(H2,16,20)(H,17,21)(H,19,22)/t7-,8+,9+,10+,11+/m1/s1. The third kappa shape index (κ3) is 2.47. The highest BCUT2D eigenvalue weighted by Gasteiger charge is 2.65. The van der Waals surface area contributed by atoms with Gasteiger partial charge in [-0.3, -0.25) is 14.4 Å². The topological polar surface area (TPSA) is 113 Å². The number of hydrogen-bond acceptors (Lipinski definition) is 4. The fourth-order valence-electron chi connectivity index (χ4n) is 4.14. The van der Waals surface area contributed by atoms with E-state index in [4.69, 9.17) is 5.73 Å². The quantitative estimate of drug-likeness (QED) is 0.507. The second kappa shape index (κ2) is 5.22. The van der Waals surface area contributed by atoms with E-state index in [1.165, 1.54) is 0 Å². The monoisotopic (exact) mass is 308 g/mol. The Bertz CT molecular complexity index is 519. The van der Waals surface area contributed by atoms with E-state index in [1.54, 1.807) is 0 Å². The molecule has 2 saturated heterocycles. The van der Waals surface area contributed by atoms with Crippen LogP contribution in [-0.2, 0) is 14.4 Å². The van der Waals surface area contributed by atoms with Crippen LogP contribution in [0.4, 0.5) is 0 Å². The van der Waals surface area contributed by atoms with E-state index in [0.29, 0.717) is 24.8 Å². The van der Waals surface area contributed by atoms with Gasteiger partial charge in [0.15, 0.2) is 0 Å². The summed E-state index contributed by atoms with van der Waals surface area (Å²) < 4.78 is 0. The minimum absolute atomic E-state index is 0.0668. The number of nitrogens with two attached hydrogens (primary N) is 1. The van der Waals surface area contributed by atoms with Crippen molar-refractivity contribution in [2.24, 2.45) is 28.9 Å². The van der Waals surface area contributed by atoms with Crippen LogP contribution in [0, 0.1) is 23.2 Å². The minimum atomic E-state index is -0.788. The lowest BCUT2D eigenvalue weighted by Crippen LogP contribution is -2.52. The Morgan fingerprint density at radius 1 is 1.45 bits per heavy atom. The first-order chi connectivity index (χ1) is 10.3. The molecule has 0 aromatic rings. The Morgan fingerprint density at radius 3 is 2.68 bits per heavy atom. The summed E-state index contributed by atoms with van der Waals surface area (Å²) in [6, 6.07) is -1.05. The number of carbonyl (C=O) groups excluding carboxylic acids is 3. The molecular weight excluding hydrogens is 284 g/mol. The van der Waals surface area contributed by atoms with E-state index in [1.807, 2.05) is 0 Å². The van der Waals surface area contributed by atoms with Crippen LogP contribution in [0.1, 0.15) is 26.7 Å². The van der Waals surface area contributed by atoms with E-state index in [-0.39, 0.29) is 35.6 Å². The molecule has 22 heavy (non-hydrogen) atoms. The zero-order chi connectivity index (χ0) is 16.1. The third-order valence-corrected chi connectivity index (χ3v) is 5.68. The van der Waals surface area contributed by atoms with Crippen molar-refractivity contribution in [3.8, 4) is 0 Å². The molecule has 3 amide bonds. The predicted molar refractivity (Wildman–Crippen MR) is 79.4 cm³/mol. The minimum Gasteiger partial charge on any atom is -0.368 e. The highest BCUT2D eigenvalue weighted by atomic mass is 16.2. The van der Waals surface area contributed by atoms with Gasteiger partial charge in [-0.25, -0.2) is 0 Å². The number of hydrogen-bond donors (Lipinski definition) is 4. The number of piperidine rings is 1. The number of rotatable bonds is 5. The smallest absolute Gasteiger partial charge is 0.240 e. The molecule has 1 aliphatic carbocycles. The molecule has 0 bridgehead atoms. The molecule has 0 aromatic heterocycles. The molecule has 0 aromatic carbocycles. The average Bonchev–Trinajstić information content (AvgIpc) is 2.85. The Hall–Kier alpha value is -1.63. The van der Waals surface area contributed by atoms with Crippen LogP contribution in [0.25, 0.3) is 0 Å². The van der Waals surface area contributed by atoms with Gasteiger partial charge in [0.05, 0.1) is 6.04 Å². The molecule has 3 rings (SSSR count). The van der Waals surface area contributed by atoms with Crippen molar-refractivity contribution < 1.29 is 14.4 Å². The van der Waals surface area contributed by atoms with Crippen LogP contribution in [0.2, 0.25) is 0 Å². The van der Waals surface area contributed by atoms with Crippen molar-refractivity contribution in [2.75, 3.05) is 13.1 Å². The number of nitrogens with one attached hydrogen (secondary N) is 3. The predicted octanol–water partition coefficient (Wildman–Crippen LogP) is -1.27. The first-order valence-electron chi connectivity index (χ1n) is 7.93. The number of primary amides is 1. The fourth-order valence-corrected chi connectivity index (χ4v) is 4.14. The normalized spacial score (nSPS) is 36.4. The summed E-state index contributed by atoms with van der Waals surface area (Å²) in [5.74, 6) is -0.244. The molecular formula is C15H24N4O3. The molecule has 0 spiro atoms. The molecule has 7 heteroatoms. The van der Waals surface area contributed by atoms with Crippen LogP contribution in [-0.4, -0.2) is 42.9 Å². The van der Waals surface area contributed by atoms with E-state index in [9.17, 15) is 14.4 Å². The van der Waals surface area contributed by atoms with Crippen LogP contribution in [0.3, 0.4) is 0 Å². The maximum absolute atomic E-state index is 12.5. The molecule has 3 aliphatic rings. The van der Waals surface area contributed by atoms with Gasteiger partial charge in [-0.15, -0.1) is 0 Å². The first kappa shape index (κ1) is 15.3. The van der Waals surface area contributed by atoms with Gasteiger partial charge in [0.2, 0.25) is 17.7 Å². The average molecular weight is 308 g/mol. The van der Waals surface area contributed by atoms with Gasteiger partial charge in [0, 0.05) is 12.5 Å². The highest BCUT2D eigenvalue weighted by molar-refractivity contribution is 5.90. The Morgan fingerprint density at radius 2 is 2.18 bits per heavy atom. The van der Waals surface area contributed by atoms with Gasteiger partial charge >= 0.3 is 0 Å². The number of carbonyl (C=O) groups is 3. The van der Waals surface area contributed by atoms with Gasteiger partial charge in [-0.05, 0) is 36.6 Å². The molecule has 5 atom stereocenters. The second-order valence-corrected chi connectivity index (χ2v) is 7.32. The number of fused-ring (bicyclic) bond motifs is 1. The summed E-state index contributed by atoms with van der Waals surface area (Å²) in [6.45, 7) is 5.78. The van der Waals surface area contributed by atoms with Gasteiger partial charge in [-0.1, -0.05) is 13.8 Å². The maximum Gasteiger partial charge on any atom is 0.240 e. The summed E-state index contributed by atoms with van der Waals surface area (Å²) in [4.78, 5) is 35.7. The largest absolute Gasteiger partial charge is 0.368 e. The van der Waals surface area contributed by atoms with Gasteiger partial charge in [0.25, 0.3) is 0 Å². The summed E-state index contributed by atoms with van der Waals surface area (Å²) in [5, 5.41) is 8.69. The summed E-state index contributed by atoms with van der Waals surface area (Å²) >= 11 is 0. The van der Waals surface area contributed by atoms with Crippen molar-refractivity contribution >= 4 is 17.7 Å². The van der Waals surface area contributed by atoms with Crippen molar-refractivity contribution in [3.05, 3.63) is 0 Å². The number of amides is 3. The molecule has 2 aliphatic heterocycles. The van der Waals surface area contributed by atoms with E-state index >= 15 is 0 Å². The van der Waals surface area contributed by atoms with Gasteiger partial charge in [0.1, 0.15) is 6.04 Å². The van der Waals surface area contributed by atoms with E-state index in [2.05, 4.69) is 29.8 Å². The lowest BCUT2D eigenvalue weighted by Gasteiger charge is -2.23. The lowest BCUT2D eigenvalue weighted by molar-refractivity contribution is -0.130. The van der Waals surface area contributed by atoms with E-state index < -0.39 is 11.9 Å². The van der Waals surface area contributed by atoms with E-state index in [0.717, 1.165) is 6.54 Å². The molecule has 3 fully saturated rings. The molecule has 7 nitrogen and oxygen atoms in total. The second-order valence-electron chi connectivity index (χ2n) is 7.32. The van der Waals surface area contributed by atoms with Crippen molar-refractivity contribution in [2.45, 2.75) is 38.8 Å². The Labute approximate surface area is 129 Å². The van der Waals surface area contributed by atoms with Gasteiger partial charge < -0.3 is 21.7 Å². The fraction of sp³-hybridized carbons (Fsp3) is 0.800. The molecule has 0 radical (unpaired) electrons. The van der Waals surface area contributed by atoms with Crippen molar-refractivity contribution in [3.63, 3.8) is 0 Å². The summed E-state index contributed by atoms with van der Waals surface area (Å²) in [5.41, 5.74) is 5.58. The van der Waals surface area contributed by atoms with Crippen LogP contribution in [0.15, 0.2) is 0 Å². The Kier molecular flexibility index (Phi) is 3.63. The zero-order valence-corrected chi connectivity index (χ0v) is 13.0. The highest BCUT2D eigenvalue weighted by Crippen LogP contribution is 2.62. The van der Waals surface area contributed by atoms with Crippen molar-refractivity contribution in [1.82, 2.24) is 16.0 Å². The molecule has 122 valence electrons. The Balaban J connectivity index is 1.60. The molecule has 0 unspecified atom stereocenters. The maximum atomic E-state index is 12.5. The van der Waals surface area contributed by atoms with Crippen LogP contribution in [0.5, 0.6) is 0 Å². The summed E-state index contributed by atoms with van der Waals surface area (Å²) in [6.07, 6.45) is 0.953. The van der Waals surface area contributed by atoms with Gasteiger partial charge in [-0.2, -0.15) is 0 Å². The molecule has 5 N–H and O–H groups in total. The van der Waals surface area contributed by atoms with Crippen LogP contribution < -0.4 is 21.7 Å². The van der Waals surface area contributed by atoms with Crippen LogP contribution >= 0.6 is 0 Å². The SMILES string of the molecule is CC1(C)[C@@H]2[C@@H](C(=O)N[C@@H](C[C@H]3CCNC3=O)C(N)=O)NC[C@@H]21. The van der Waals surface area contributed by atoms with Crippen molar-refractivity contribution in [1.29, 1.82) is 0 Å². The lowest BCUT2D eigenvalue weighted by atomic mass is 9.97. The molecule has 2 heterocycles. The summed E-state index contributed by atoms with van der Waals surface area (Å²) in [7, 11) is 0.